The highest BCUT2D eigenvalue weighted by atomic mass is 16.6. The van der Waals surface area contributed by atoms with Crippen LogP contribution in [0.15, 0.2) is 48.5 Å². The number of nitro benzene ring substituents is 2. The molecule has 1 amide bonds. The van der Waals surface area contributed by atoms with Gasteiger partial charge < -0.3 is 4.90 Å². The molecule has 0 fully saturated rings. The van der Waals surface area contributed by atoms with Crippen molar-refractivity contribution in [2.24, 2.45) is 0 Å². The van der Waals surface area contributed by atoms with Gasteiger partial charge in [0.05, 0.1) is 9.85 Å². The van der Waals surface area contributed by atoms with Gasteiger partial charge in [-0.3, -0.25) is 25.0 Å². The molecule has 0 spiro atoms. The third kappa shape index (κ3) is 4.35. The molecular weight excluding hydrogens is 314 g/mol. The van der Waals surface area contributed by atoms with E-state index in [9.17, 15) is 25.0 Å². The Balaban J connectivity index is 2.10. The molecule has 0 saturated heterocycles. The van der Waals surface area contributed by atoms with Crippen LogP contribution in [0.25, 0.3) is 0 Å². The molecule has 0 aliphatic carbocycles. The number of rotatable bonds is 6. The van der Waals surface area contributed by atoms with Gasteiger partial charge in [0.15, 0.2) is 0 Å². The molecule has 2 aromatic rings. The van der Waals surface area contributed by atoms with Crippen molar-refractivity contribution in [2.75, 3.05) is 0 Å². The number of hydrogen-bond donors (Lipinski definition) is 0. The van der Waals surface area contributed by atoms with E-state index in [1.54, 1.807) is 29.2 Å². The number of amides is 1. The predicted octanol–water partition coefficient (Wildman–Crippen LogP) is 3.05. The second kappa shape index (κ2) is 7.32. The third-order valence-electron chi connectivity index (χ3n) is 3.49. The number of nitro groups is 2. The van der Waals surface area contributed by atoms with E-state index in [-0.39, 0.29) is 17.3 Å². The zero-order chi connectivity index (χ0) is 17.7. The van der Waals surface area contributed by atoms with Gasteiger partial charge in [0.1, 0.15) is 0 Å². The van der Waals surface area contributed by atoms with Crippen molar-refractivity contribution in [3.63, 3.8) is 0 Å². The van der Waals surface area contributed by atoms with Gasteiger partial charge in [-0.15, -0.1) is 0 Å². The molecule has 8 nitrogen and oxygen atoms in total. The quantitative estimate of drug-likeness (QED) is 0.598. The number of nitrogens with zero attached hydrogens (tertiary/aromatic N) is 3. The van der Waals surface area contributed by atoms with E-state index in [1.807, 2.05) is 0 Å². The van der Waals surface area contributed by atoms with E-state index in [2.05, 4.69) is 0 Å². The first-order valence-corrected chi connectivity index (χ1v) is 7.09. The zero-order valence-electron chi connectivity index (χ0n) is 12.9. The fraction of sp³-hybridized carbons (Fsp3) is 0.188. The smallest absolute Gasteiger partial charge is 0.269 e. The summed E-state index contributed by atoms with van der Waals surface area (Å²) in [5.41, 5.74) is 1.50. The lowest BCUT2D eigenvalue weighted by molar-refractivity contribution is -0.385. The Morgan fingerprint density at radius 3 is 1.42 bits per heavy atom. The lowest BCUT2D eigenvalue weighted by atomic mass is 10.1. The topological polar surface area (TPSA) is 107 Å². The Bertz CT molecular complexity index is 697. The van der Waals surface area contributed by atoms with Crippen LogP contribution in [0, 0.1) is 20.2 Å². The molecule has 2 aromatic carbocycles. The normalized spacial score (nSPS) is 10.2. The van der Waals surface area contributed by atoms with E-state index in [4.69, 9.17) is 0 Å². The maximum absolute atomic E-state index is 11.8. The maximum Gasteiger partial charge on any atom is 0.269 e. The third-order valence-corrected chi connectivity index (χ3v) is 3.49. The number of benzene rings is 2. The van der Waals surface area contributed by atoms with Crippen molar-refractivity contribution in [2.45, 2.75) is 20.0 Å². The Kier molecular flexibility index (Phi) is 5.20. The molecule has 0 aliphatic heterocycles. The highest BCUT2D eigenvalue weighted by Gasteiger charge is 2.13. The van der Waals surface area contributed by atoms with Crippen molar-refractivity contribution in [3.05, 3.63) is 79.9 Å². The molecule has 0 N–H and O–H groups in total. The summed E-state index contributed by atoms with van der Waals surface area (Å²) in [4.78, 5) is 33.7. The van der Waals surface area contributed by atoms with E-state index in [1.165, 1.54) is 31.2 Å². The van der Waals surface area contributed by atoms with Gasteiger partial charge in [0, 0.05) is 44.3 Å². The average Bonchev–Trinajstić information content (AvgIpc) is 2.55. The molecule has 8 heteroatoms. The van der Waals surface area contributed by atoms with Crippen molar-refractivity contribution in [3.8, 4) is 0 Å². The molecule has 0 atom stereocenters. The van der Waals surface area contributed by atoms with E-state index in [0.717, 1.165) is 11.1 Å². The standard InChI is InChI=1S/C16H15N3O5/c1-12(20)17(10-13-2-6-15(7-3-13)18(21)22)11-14-4-8-16(9-5-14)19(23)24/h2-9H,10-11H2,1H3. The minimum absolute atomic E-state index is 0.0107. The highest BCUT2D eigenvalue weighted by Crippen LogP contribution is 2.17. The molecule has 24 heavy (non-hydrogen) atoms. The lowest BCUT2D eigenvalue weighted by Gasteiger charge is -2.21. The van der Waals surface area contributed by atoms with Crippen LogP contribution < -0.4 is 0 Å². The summed E-state index contributed by atoms with van der Waals surface area (Å²) in [7, 11) is 0. The summed E-state index contributed by atoms with van der Waals surface area (Å²) in [5, 5.41) is 21.3. The van der Waals surface area contributed by atoms with Gasteiger partial charge in [-0.2, -0.15) is 0 Å². The van der Waals surface area contributed by atoms with Crippen molar-refractivity contribution >= 4 is 17.3 Å². The maximum atomic E-state index is 11.8. The van der Waals surface area contributed by atoms with Crippen LogP contribution in [0.4, 0.5) is 11.4 Å². The SMILES string of the molecule is CC(=O)N(Cc1ccc([N+](=O)[O-])cc1)Cc1ccc([N+](=O)[O-])cc1. The second-order valence-corrected chi connectivity index (χ2v) is 5.22. The van der Waals surface area contributed by atoms with E-state index < -0.39 is 9.85 Å². The molecule has 0 heterocycles. The van der Waals surface area contributed by atoms with E-state index >= 15 is 0 Å². The van der Waals surface area contributed by atoms with Crippen LogP contribution in [-0.4, -0.2) is 20.7 Å². The van der Waals surface area contributed by atoms with Crippen molar-refractivity contribution in [1.29, 1.82) is 0 Å². The minimum Gasteiger partial charge on any atom is -0.334 e. The predicted molar refractivity (Wildman–Crippen MR) is 86.1 cm³/mol. The zero-order valence-corrected chi connectivity index (χ0v) is 12.9. The van der Waals surface area contributed by atoms with Gasteiger partial charge in [-0.25, -0.2) is 0 Å². The Morgan fingerprint density at radius 1 is 0.833 bits per heavy atom. The molecule has 0 saturated carbocycles. The summed E-state index contributed by atoms with van der Waals surface area (Å²) in [5.74, 6) is -0.160. The largest absolute Gasteiger partial charge is 0.334 e. The molecule has 124 valence electrons. The van der Waals surface area contributed by atoms with Gasteiger partial charge >= 0.3 is 0 Å². The number of carbonyl (C=O) groups is 1. The fourth-order valence-corrected chi connectivity index (χ4v) is 2.17. The molecule has 0 radical (unpaired) electrons. The molecule has 0 unspecified atom stereocenters. The first-order chi connectivity index (χ1) is 11.4. The highest BCUT2D eigenvalue weighted by molar-refractivity contribution is 5.73. The fourth-order valence-electron chi connectivity index (χ4n) is 2.17. The van der Waals surface area contributed by atoms with Crippen molar-refractivity contribution < 1.29 is 14.6 Å². The average molecular weight is 329 g/mol. The second-order valence-electron chi connectivity index (χ2n) is 5.22. The number of carbonyl (C=O) groups excluding carboxylic acids is 1. The van der Waals surface area contributed by atoms with Crippen LogP contribution in [-0.2, 0) is 17.9 Å². The van der Waals surface area contributed by atoms with E-state index in [0.29, 0.717) is 13.1 Å². The minimum atomic E-state index is -0.483. The van der Waals surface area contributed by atoms with Crippen LogP contribution >= 0.6 is 0 Å². The Hall–Kier alpha value is -3.29. The van der Waals surface area contributed by atoms with Gasteiger partial charge in [0.25, 0.3) is 11.4 Å². The first-order valence-electron chi connectivity index (χ1n) is 7.09. The Morgan fingerprint density at radius 2 is 1.17 bits per heavy atom. The molecule has 0 aliphatic rings. The number of non-ortho nitro benzene ring substituents is 2. The van der Waals surface area contributed by atoms with Crippen LogP contribution in [0.1, 0.15) is 18.1 Å². The summed E-state index contributed by atoms with van der Waals surface area (Å²) in [6.07, 6.45) is 0. The molecule has 0 aromatic heterocycles. The molecule has 0 bridgehead atoms. The Labute approximate surface area is 137 Å². The molecule has 2 rings (SSSR count). The van der Waals surface area contributed by atoms with Crippen LogP contribution in [0.5, 0.6) is 0 Å². The first kappa shape index (κ1) is 17.1. The van der Waals surface area contributed by atoms with Gasteiger partial charge in [-0.05, 0) is 11.1 Å². The van der Waals surface area contributed by atoms with Gasteiger partial charge in [0.2, 0.25) is 5.91 Å². The van der Waals surface area contributed by atoms with Crippen LogP contribution in [0.2, 0.25) is 0 Å². The van der Waals surface area contributed by atoms with Crippen molar-refractivity contribution in [1.82, 2.24) is 4.90 Å². The number of hydrogen-bond acceptors (Lipinski definition) is 5. The van der Waals surface area contributed by atoms with Crippen LogP contribution in [0.3, 0.4) is 0 Å². The monoisotopic (exact) mass is 329 g/mol. The lowest BCUT2D eigenvalue weighted by Crippen LogP contribution is -2.27. The summed E-state index contributed by atoms with van der Waals surface area (Å²) >= 11 is 0. The molecular formula is C16H15N3O5. The summed E-state index contributed by atoms with van der Waals surface area (Å²) < 4.78 is 0. The summed E-state index contributed by atoms with van der Waals surface area (Å²) in [6.45, 7) is 2.02. The summed E-state index contributed by atoms with van der Waals surface area (Å²) in [6, 6.07) is 12.0. The van der Waals surface area contributed by atoms with Gasteiger partial charge in [-0.1, -0.05) is 24.3 Å².